The van der Waals surface area contributed by atoms with Crippen molar-refractivity contribution in [1.82, 2.24) is 20.2 Å². The van der Waals surface area contributed by atoms with Crippen molar-refractivity contribution < 1.29 is 9.90 Å². The number of fused-ring (bicyclic) bond motifs is 1. The number of hydrogen-bond acceptors (Lipinski definition) is 6. The van der Waals surface area contributed by atoms with Crippen LogP contribution in [0.3, 0.4) is 0 Å². The minimum Gasteiger partial charge on any atom is -0.507 e. The molecule has 4 aromatic carbocycles. The maximum absolute atomic E-state index is 12.6. The number of rotatable bonds is 7. The fourth-order valence-corrected chi connectivity index (χ4v) is 4.56. The van der Waals surface area contributed by atoms with Crippen LogP contribution in [0.1, 0.15) is 11.1 Å². The number of carbonyl (C=O) groups excluding carboxylic acids is 1. The minimum atomic E-state index is -0.296. The molecule has 5 aromatic rings. The van der Waals surface area contributed by atoms with Gasteiger partial charge in [-0.2, -0.15) is 5.10 Å². The van der Waals surface area contributed by atoms with E-state index in [0.717, 1.165) is 27.6 Å². The first-order chi connectivity index (χ1) is 17.6. The van der Waals surface area contributed by atoms with Crippen LogP contribution in [-0.2, 0) is 4.79 Å². The molecule has 0 aliphatic heterocycles. The molecule has 8 heteroatoms. The Morgan fingerprint density at radius 2 is 1.72 bits per heavy atom. The summed E-state index contributed by atoms with van der Waals surface area (Å²) in [6.07, 6.45) is 1.46. The van der Waals surface area contributed by atoms with E-state index < -0.39 is 0 Å². The van der Waals surface area contributed by atoms with Gasteiger partial charge in [-0.05, 0) is 35.9 Å². The Labute approximate surface area is 212 Å². The third kappa shape index (κ3) is 4.99. The lowest BCUT2D eigenvalue weighted by atomic mass is 10.0. The lowest BCUT2D eigenvalue weighted by Gasteiger charge is -2.10. The number of benzene rings is 4. The number of hydrazone groups is 1. The van der Waals surface area contributed by atoms with Crippen LogP contribution in [0.15, 0.2) is 101 Å². The van der Waals surface area contributed by atoms with Gasteiger partial charge < -0.3 is 5.11 Å². The Hall–Kier alpha value is -4.43. The number of phenols is 1. The van der Waals surface area contributed by atoms with Crippen molar-refractivity contribution >= 4 is 34.7 Å². The number of thioether (sulfide) groups is 1. The van der Waals surface area contributed by atoms with E-state index in [2.05, 4.69) is 20.7 Å². The zero-order valence-corrected chi connectivity index (χ0v) is 20.3. The number of hydrogen-bond donors (Lipinski definition) is 2. The number of phenolic OH excluding ortho intramolecular Hbond substituents is 1. The molecule has 0 fully saturated rings. The molecule has 36 heavy (non-hydrogen) atoms. The Balaban J connectivity index is 1.33. The van der Waals surface area contributed by atoms with Crippen molar-refractivity contribution in [3.63, 3.8) is 0 Å². The molecular formula is C28H23N5O2S. The number of amides is 1. The second-order valence-corrected chi connectivity index (χ2v) is 9.09. The van der Waals surface area contributed by atoms with E-state index in [4.69, 9.17) is 0 Å². The van der Waals surface area contributed by atoms with Crippen LogP contribution in [-0.4, -0.2) is 37.7 Å². The van der Waals surface area contributed by atoms with Crippen molar-refractivity contribution in [1.29, 1.82) is 0 Å². The Morgan fingerprint density at radius 1 is 0.972 bits per heavy atom. The molecule has 7 nitrogen and oxygen atoms in total. The van der Waals surface area contributed by atoms with Crippen LogP contribution in [0.5, 0.6) is 5.75 Å². The van der Waals surface area contributed by atoms with Crippen LogP contribution >= 0.6 is 11.8 Å². The molecule has 0 saturated carbocycles. The summed E-state index contributed by atoms with van der Waals surface area (Å²) in [5.41, 5.74) is 6.09. The molecule has 1 heterocycles. The molecule has 0 atom stereocenters. The van der Waals surface area contributed by atoms with Gasteiger partial charge in [0.1, 0.15) is 5.75 Å². The fourth-order valence-electron chi connectivity index (χ4n) is 3.81. The number of aryl methyl sites for hydroxylation is 1. The van der Waals surface area contributed by atoms with Gasteiger partial charge in [-0.25, -0.2) is 5.43 Å². The van der Waals surface area contributed by atoms with E-state index in [1.54, 1.807) is 6.07 Å². The highest BCUT2D eigenvalue weighted by Gasteiger charge is 2.17. The van der Waals surface area contributed by atoms with E-state index in [-0.39, 0.29) is 17.4 Å². The first-order valence-corrected chi connectivity index (χ1v) is 12.3. The largest absolute Gasteiger partial charge is 0.507 e. The zero-order valence-electron chi connectivity index (χ0n) is 19.5. The molecule has 0 aliphatic carbocycles. The zero-order chi connectivity index (χ0) is 24.9. The third-order valence-corrected chi connectivity index (χ3v) is 6.55. The average molecular weight is 494 g/mol. The van der Waals surface area contributed by atoms with Gasteiger partial charge in [0.05, 0.1) is 12.0 Å². The van der Waals surface area contributed by atoms with Gasteiger partial charge in [-0.15, -0.1) is 10.2 Å². The van der Waals surface area contributed by atoms with Gasteiger partial charge >= 0.3 is 0 Å². The standard InChI is InChI=1S/C28H23N5O2S/c1-19-11-13-21(14-12-19)27-31-32-28(33(27)22-8-3-2-4-9-22)36-18-26(35)30-29-17-24-23-10-6-5-7-20(23)15-16-25(24)34/h2-17,34H,18H2,1H3,(H,30,35)/b29-17-. The SMILES string of the molecule is Cc1ccc(-c2nnc(SCC(=O)N/N=C\c3c(O)ccc4ccccc34)n2-c2ccccc2)cc1. The smallest absolute Gasteiger partial charge is 0.250 e. The van der Waals surface area contributed by atoms with Crippen LogP contribution < -0.4 is 5.43 Å². The van der Waals surface area contributed by atoms with E-state index in [9.17, 15) is 9.90 Å². The molecule has 1 aromatic heterocycles. The normalized spacial score (nSPS) is 11.2. The molecule has 0 radical (unpaired) electrons. The molecule has 5 rings (SSSR count). The highest BCUT2D eigenvalue weighted by molar-refractivity contribution is 7.99. The lowest BCUT2D eigenvalue weighted by molar-refractivity contribution is -0.118. The van der Waals surface area contributed by atoms with Gasteiger partial charge in [-0.1, -0.05) is 90.1 Å². The molecule has 0 saturated heterocycles. The fraction of sp³-hybridized carbons (Fsp3) is 0.0714. The van der Waals surface area contributed by atoms with Crippen molar-refractivity contribution in [2.75, 3.05) is 5.75 Å². The molecule has 1 amide bonds. The maximum Gasteiger partial charge on any atom is 0.250 e. The average Bonchev–Trinajstić information content (AvgIpc) is 3.33. The van der Waals surface area contributed by atoms with Crippen LogP contribution in [0.4, 0.5) is 0 Å². The molecule has 0 bridgehead atoms. The molecule has 0 unspecified atom stereocenters. The summed E-state index contributed by atoms with van der Waals surface area (Å²) < 4.78 is 1.94. The molecule has 0 spiro atoms. The maximum atomic E-state index is 12.6. The summed E-state index contributed by atoms with van der Waals surface area (Å²) in [4.78, 5) is 12.6. The second kappa shape index (κ2) is 10.5. The van der Waals surface area contributed by atoms with E-state index in [0.29, 0.717) is 16.5 Å². The number of carbonyl (C=O) groups is 1. The van der Waals surface area contributed by atoms with Crippen LogP contribution in [0.25, 0.3) is 27.8 Å². The van der Waals surface area contributed by atoms with Gasteiger partial charge in [0.15, 0.2) is 11.0 Å². The first kappa shape index (κ1) is 23.3. The predicted octanol–water partition coefficient (Wildman–Crippen LogP) is 5.34. The highest BCUT2D eigenvalue weighted by atomic mass is 32.2. The minimum absolute atomic E-state index is 0.0950. The summed E-state index contributed by atoms with van der Waals surface area (Å²) in [5, 5.41) is 25.5. The number of nitrogens with one attached hydrogen (secondary N) is 1. The number of para-hydroxylation sites is 1. The summed E-state index contributed by atoms with van der Waals surface area (Å²) >= 11 is 1.27. The molecular weight excluding hydrogens is 470 g/mol. The summed E-state index contributed by atoms with van der Waals surface area (Å²) in [6.45, 7) is 2.04. The van der Waals surface area contributed by atoms with Crippen LogP contribution in [0.2, 0.25) is 0 Å². The van der Waals surface area contributed by atoms with E-state index in [1.165, 1.54) is 18.0 Å². The Kier molecular flexibility index (Phi) is 6.77. The molecule has 0 aliphatic rings. The van der Waals surface area contributed by atoms with Crippen LogP contribution in [0, 0.1) is 6.92 Å². The van der Waals surface area contributed by atoms with Crippen molar-refractivity contribution in [3.05, 3.63) is 102 Å². The second-order valence-electron chi connectivity index (χ2n) is 8.14. The van der Waals surface area contributed by atoms with Crippen molar-refractivity contribution in [2.24, 2.45) is 5.10 Å². The van der Waals surface area contributed by atoms with Gasteiger partial charge in [0, 0.05) is 16.8 Å². The van der Waals surface area contributed by atoms with Crippen molar-refractivity contribution in [3.8, 4) is 22.8 Å². The summed E-state index contributed by atoms with van der Waals surface area (Å²) in [5.74, 6) is 0.599. The van der Waals surface area contributed by atoms with Gasteiger partial charge in [-0.3, -0.25) is 9.36 Å². The first-order valence-electron chi connectivity index (χ1n) is 11.3. The number of nitrogens with zero attached hydrogens (tertiary/aromatic N) is 4. The number of aromatic nitrogens is 3. The third-order valence-electron chi connectivity index (χ3n) is 5.62. The van der Waals surface area contributed by atoms with Gasteiger partial charge in [0.2, 0.25) is 0 Å². The Morgan fingerprint density at radius 3 is 2.53 bits per heavy atom. The summed E-state index contributed by atoms with van der Waals surface area (Å²) in [7, 11) is 0. The van der Waals surface area contributed by atoms with E-state index >= 15 is 0 Å². The lowest BCUT2D eigenvalue weighted by Crippen LogP contribution is -2.20. The quantitative estimate of drug-likeness (QED) is 0.181. The van der Waals surface area contributed by atoms with Crippen molar-refractivity contribution in [2.45, 2.75) is 12.1 Å². The summed E-state index contributed by atoms with van der Waals surface area (Å²) in [6, 6.07) is 29.0. The molecule has 178 valence electrons. The predicted molar refractivity (Wildman–Crippen MR) is 144 cm³/mol. The molecule has 2 N–H and O–H groups in total. The monoisotopic (exact) mass is 493 g/mol. The number of aromatic hydroxyl groups is 1. The highest BCUT2D eigenvalue weighted by Crippen LogP contribution is 2.28. The Bertz CT molecular complexity index is 1550. The van der Waals surface area contributed by atoms with Gasteiger partial charge in [0.25, 0.3) is 5.91 Å². The topological polar surface area (TPSA) is 92.4 Å². The van der Waals surface area contributed by atoms with E-state index in [1.807, 2.05) is 96.4 Å².